The molecule has 0 saturated heterocycles. The van der Waals surface area contributed by atoms with Gasteiger partial charge in [0.2, 0.25) is 0 Å². The van der Waals surface area contributed by atoms with E-state index >= 15 is 0 Å². The molecular formula is C11H14F3N3. The first-order valence-electron chi connectivity index (χ1n) is 5.48. The molecule has 0 aromatic carbocycles. The second-order valence-electron chi connectivity index (χ2n) is 4.41. The SMILES string of the molecule is NC1CC(CNc2ccc(C(F)(F)F)cn2)C1. The molecule has 6 heteroatoms. The maximum Gasteiger partial charge on any atom is 0.417 e. The van der Waals surface area contributed by atoms with Crippen LogP contribution in [0.2, 0.25) is 0 Å². The highest BCUT2D eigenvalue weighted by Crippen LogP contribution is 2.29. The average molecular weight is 245 g/mol. The van der Waals surface area contributed by atoms with Crippen molar-refractivity contribution >= 4 is 5.82 Å². The van der Waals surface area contributed by atoms with Gasteiger partial charge in [-0.05, 0) is 30.9 Å². The van der Waals surface area contributed by atoms with Crippen LogP contribution in [0.5, 0.6) is 0 Å². The van der Waals surface area contributed by atoms with Crippen LogP contribution in [0.1, 0.15) is 18.4 Å². The number of nitrogens with two attached hydrogens (primary N) is 1. The molecule has 0 unspecified atom stereocenters. The number of hydrogen-bond donors (Lipinski definition) is 2. The summed E-state index contributed by atoms with van der Waals surface area (Å²) in [5, 5.41) is 3.01. The van der Waals surface area contributed by atoms with Gasteiger partial charge in [0.05, 0.1) is 5.56 Å². The van der Waals surface area contributed by atoms with Crippen LogP contribution in [0.4, 0.5) is 19.0 Å². The first-order valence-corrected chi connectivity index (χ1v) is 5.48. The number of halogens is 3. The summed E-state index contributed by atoms with van der Waals surface area (Å²) >= 11 is 0. The molecule has 1 heterocycles. The molecule has 0 amide bonds. The molecule has 3 nitrogen and oxygen atoms in total. The van der Waals surface area contributed by atoms with Crippen molar-refractivity contribution < 1.29 is 13.2 Å². The first kappa shape index (κ1) is 12.2. The number of nitrogens with one attached hydrogen (secondary N) is 1. The number of alkyl halides is 3. The van der Waals surface area contributed by atoms with E-state index in [2.05, 4.69) is 10.3 Å². The van der Waals surface area contributed by atoms with Crippen LogP contribution in [0.3, 0.4) is 0 Å². The van der Waals surface area contributed by atoms with Crippen molar-refractivity contribution in [3.05, 3.63) is 23.9 Å². The van der Waals surface area contributed by atoms with E-state index in [9.17, 15) is 13.2 Å². The maximum atomic E-state index is 12.3. The van der Waals surface area contributed by atoms with Crippen molar-refractivity contribution in [2.24, 2.45) is 11.7 Å². The molecule has 1 aliphatic rings. The lowest BCUT2D eigenvalue weighted by Gasteiger charge is -2.32. The van der Waals surface area contributed by atoms with Gasteiger partial charge in [-0.25, -0.2) is 4.98 Å². The summed E-state index contributed by atoms with van der Waals surface area (Å²) in [6.07, 6.45) is -1.55. The molecule has 2 rings (SSSR count). The smallest absolute Gasteiger partial charge is 0.370 e. The zero-order chi connectivity index (χ0) is 12.5. The summed E-state index contributed by atoms with van der Waals surface area (Å²) in [7, 11) is 0. The third kappa shape index (κ3) is 3.09. The lowest BCUT2D eigenvalue weighted by Crippen LogP contribution is -2.39. The third-order valence-corrected chi connectivity index (χ3v) is 2.93. The van der Waals surface area contributed by atoms with Gasteiger partial charge in [-0.1, -0.05) is 0 Å². The molecule has 0 atom stereocenters. The molecule has 0 aliphatic heterocycles. The Kier molecular flexibility index (Phi) is 3.24. The normalized spacial score (nSPS) is 24.2. The minimum absolute atomic E-state index is 0.280. The van der Waals surface area contributed by atoms with Gasteiger partial charge >= 0.3 is 6.18 Å². The van der Waals surface area contributed by atoms with Crippen molar-refractivity contribution in [3.8, 4) is 0 Å². The molecule has 0 bridgehead atoms. The molecule has 17 heavy (non-hydrogen) atoms. The monoisotopic (exact) mass is 245 g/mol. The fourth-order valence-corrected chi connectivity index (χ4v) is 1.87. The van der Waals surface area contributed by atoms with Crippen LogP contribution in [0, 0.1) is 5.92 Å². The summed E-state index contributed by atoms with van der Waals surface area (Å²) in [4.78, 5) is 3.73. The van der Waals surface area contributed by atoms with E-state index in [1.807, 2.05) is 0 Å². The Morgan fingerprint density at radius 2 is 2.06 bits per heavy atom. The first-order chi connectivity index (χ1) is 7.95. The van der Waals surface area contributed by atoms with E-state index in [-0.39, 0.29) is 6.04 Å². The highest BCUT2D eigenvalue weighted by Gasteiger charge is 2.30. The summed E-state index contributed by atoms with van der Waals surface area (Å²) in [6, 6.07) is 2.66. The van der Waals surface area contributed by atoms with Crippen LogP contribution >= 0.6 is 0 Å². The van der Waals surface area contributed by atoms with Crippen molar-refractivity contribution in [2.75, 3.05) is 11.9 Å². The molecule has 0 radical (unpaired) electrons. The summed E-state index contributed by atoms with van der Waals surface area (Å²) in [6.45, 7) is 0.714. The summed E-state index contributed by atoms with van der Waals surface area (Å²) in [5.41, 5.74) is 4.91. The van der Waals surface area contributed by atoms with Crippen LogP contribution in [-0.2, 0) is 6.18 Å². The minimum Gasteiger partial charge on any atom is -0.370 e. The van der Waals surface area contributed by atoms with Gasteiger partial charge in [-0.3, -0.25) is 0 Å². The van der Waals surface area contributed by atoms with Crippen molar-refractivity contribution in [1.29, 1.82) is 0 Å². The van der Waals surface area contributed by atoms with E-state index in [4.69, 9.17) is 5.73 Å². The van der Waals surface area contributed by atoms with Crippen LogP contribution in [0.15, 0.2) is 18.3 Å². The fraction of sp³-hybridized carbons (Fsp3) is 0.545. The van der Waals surface area contributed by atoms with Crippen molar-refractivity contribution in [1.82, 2.24) is 4.98 Å². The fourth-order valence-electron chi connectivity index (χ4n) is 1.87. The number of nitrogens with zero attached hydrogens (tertiary/aromatic N) is 1. The Morgan fingerprint density at radius 3 is 2.53 bits per heavy atom. The largest absolute Gasteiger partial charge is 0.417 e. The molecule has 1 aromatic heterocycles. The quantitative estimate of drug-likeness (QED) is 0.858. The lowest BCUT2D eigenvalue weighted by atomic mass is 9.81. The molecule has 3 N–H and O–H groups in total. The molecule has 1 aliphatic carbocycles. The van der Waals surface area contributed by atoms with E-state index in [0.717, 1.165) is 25.1 Å². The van der Waals surface area contributed by atoms with E-state index in [0.29, 0.717) is 18.3 Å². The van der Waals surface area contributed by atoms with Crippen molar-refractivity contribution in [3.63, 3.8) is 0 Å². The Labute approximate surface area is 97.2 Å². The second kappa shape index (κ2) is 4.52. The molecule has 1 saturated carbocycles. The third-order valence-electron chi connectivity index (χ3n) is 2.93. The predicted molar refractivity (Wildman–Crippen MR) is 58.4 cm³/mol. The van der Waals surface area contributed by atoms with Crippen molar-refractivity contribution in [2.45, 2.75) is 25.1 Å². The molecule has 0 spiro atoms. The number of aromatic nitrogens is 1. The second-order valence-corrected chi connectivity index (χ2v) is 4.41. The standard InChI is InChI=1S/C11H14F3N3/c12-11(13,14)8-1-2-10(17-6-8)16-5-7-3-9(15)4-7/h1-2,6-7,9H,3-5,15H2,(H,16,17). The van der Waals surface area contributed by atoms with Gasteiger partial charge in [0.25, 0.3) is 0 Å². The van der Waals surface area contributed by atoms with Gasteiger partial charge in [-0.15, -0.1) is 0 Å². The Balaban J connectivity index is 1.86. The minimum atomic E-state index is -4.33. The number of pyridine rings is 1. The van der Waals surface area contributed by atoms with Crippen LogP contribution < -0.4 is 11.1 Å². The zero-order valence-electron chi connectivity index (χ0n) is 9.17. The van der Waals surface area contributed by atoms with E-state index < -0.39 is 11.7 Å². The highest BCUT2D eigenvalue weighted by molar-refractivity contribution is 5.36. The average Bonchev–Trinajstić information content (AvgIpc) is 2.22. The number of rotatable bonds is 3. The van der Waals surface area contributed by atoms with E-state index in [1.165, 1.54) is 6.07 Å². The zero-order valence-corrected chi connectivity index (χ0v) is 9.17. The molecule has 1 fully saturated rings. The van der Waals surface area contributed by atoms with Gasteiger partial charge in [0.15, 0.2) is 0 Å². The molecule has 94 valence electrons. The van der Waals surface area contributed by atoms with Gasteiger partial charge in [-0.2, -0.15) is 13.2 Å². The summed E-state index contributed by atoms with van der Waals surface area (Å²) in [5.74, 6) is 0.979. The molecular weight excluding hydrogens is 231 g/mol. The Hall–Kier alpha value is -1.30. The Morgan fingerprint density at radius 1 is 1.35 bits per heavy atom. The molecule has 1 aromatic rings. The van der Waals surface area contributed by atoms with Crippen LogP contribution in [-0.4, -0.2) is 17.6 Å². The predicted octanol–water partition coefficient (Wildman–Crippen LogP) is 2.25. The number of hydrogen-bond acceptors (Lipinski definition) is 3. The lowest BCUT2D eigenvalue weighted by molar-refractivity contribution is -0.137. The van der Waals surface area contributed by atoms with Gasteiger partial charge in [0, 0.05) is 18.8 Å². The van der Waals surface area contributed by atoms with Gasteiger partial charge < -0.3 is 11.1 Å². The topological polar surface area (TPSA) is 50.9 Å². The van der Waals surface area contributed by atoms with E-state index in [1.54, 1.807) is 0 Å². The number of anilines is 1. The summed E-state index contributed by atoms with van der Waals surface area (Å²) < 4.78 is 36.8. The van der Waals surface area contributed by atoms with Gasteiger partial charge in [0.1, 0.15) is 5.82 Å². The maximum absolute atomic E-state index is 12.3. The Bertz CT molecular complexity index is 369. The highest BCUT2D eigenvalue weighted by atomic mass is 19.4. The van der Waals surface area contributed by atoms with Crippen LogP contribution in [0.25, 0.3) is 0 Å².